The first-order valence-corrected chi connectivity index (χ1v) is 6.16. The van der Waals surface area contributed by atoms with E-state index in [-0.39, 0.29) is 18.9 Å². The third-order valence-corrected chi connectivity index (χ3v) is 3.37. The second-order valence-electron chi connectivity index (χ2n) is 5.05. The Kier molecular flexibility index (Phi) is 4.08. The lowest BCUT2D eigenvalue weighted by molar-refractivity contribution is -0.148. The zero-order valence-corrected chi connectivity index (χ0v) is 11.2. The molecule has 1 aromatic rings. The van der Waals surface area contributed by atoms with Crippen LogP contribution < -0.4 is 10.6 Å². The van der Waals surface area contributed by atoms with E-state index in [0.29, 0.717) is 6.07 Å². The monoisotopic (exact) mass is 300 g/mol. The molecule has 0 aromatic heterocycles. The molecule has 6 nitrogen and oxygen atoms in total. The van der Waals surface area contributed by atoms with Gasteiger partial charge in [-0.15, -0.1) is 0 Å². The van der Waals surface area contributed by atoms with Crippen LogP contribution in [0, 0.1) is 17.0 Å². The maximum atomic E-state index is 13.0. The van der Waals surface area contributed by atoms with E-state index < -0.39 is 35.1 Å². The van der Waals surface area contributed by atoms with Gasteiger partial charge in [0.25, 0.3) is 0 Å². The zero-order valence-electron chi connectivity index (χ0n) is 11.2. The molecule has 3 N–H and O–H groups in total. The summed E-state index contributed by atoms with van der Waals surface area (Å²) in [5.41, 5.74) is -1.31. The molecule has 114 valence electrons. The summed E-state index contributed by atoms with van der Waals surface area (Å²) in [6.07, 6.45) is 0. The summed E-state index contributed by atoms with van der Waals surface area (Å²) in [7, 11) is 0. The Morgan fingerprint density at radius 3 is 2.52 bits per heavy atom. The Balaban J connectivity index is 2.03. The molecule has 0 saturated carbocycles. The number of nitrogens with one attached hydrogen (secondary N) is 2. The number of urea groups is 1. The first kappa shape index (κ1) is 15.2. The minimum Gasteiger partial charge on any atom is -0.481 e. The highest BCUT2D eigenvalue weighted by Crippen LogP contribution is 2.28. The molecule has 0 bridgehead atoms. The molecular weight excluding hydrogens is 286 g/mol. The van der Waals surface area contributed by atoms with E-state index in [9.17, 15) is 18.4 Å². The van der Waals surface area contributed by atoms with Crippen molar-refractivity contribution in [3.05, 3.63) is 29.8 Å². The summed E-state index contributed by atoms with van der Waals surface area (Å²) in [6, 6.07) is 1.07. The lowest BCUT2D eigenvalue weighted by Gasteiger charge is -2.25. The topological polar surface area (TPSA) is 87.7 Å². The summed E-state index contributed by atoms with van der Waals surface area (Å²) < 4.78 is 31.1. The van der Waals surface area contributed by atoms with Gasteiger partial charge in [0.2, 0.25) is 0 Å². The van der Waals surface area contributed by atoms with Crippen LogP contribution in [0.1, 0.15) is 6.92 Å². The first-order chi connectivity index (χ1) is 9.81. The van der Waals surface area contributed by atoms with Crippen molar-refractivity contribution in [2.45, 2.75) is 13.0 Å². The van der Waals surface area contributed by atoms with Gasteiger partial charge in [-0.3, -0.25) is 4.79 Å². The van der Waals surface area contributed by atoms with Crippen molar-refractivity contribution in [1.82, 2.24) is 5.32 Å². The van der Waals surface area contributed by atoms with Crippen molar-refractivity contribution < 1.29 is 28.2 Å². The van der Waals surface area contributed by atoms with Crippen molar-refractivity contribution in [1.29, 1.82) is 0 Å². The average molecular weight is 300 g/mol. The van der Waals surface area contributed by atoms with E-state index in [4.69, 9.17) is 9.84 Å². The Hall–Kier alpha value is -2.22. The van der Waals surface area contributed by atoms with Crippen LogP contribution in [0.3, 0.4) is 0 Å². The quantitative estimate of drug-likeness (QED) is 0.791. The van der Waals surface area contributed by atoms with Crippen LogP contribution in [0.5, 0.6) is 0 Å². The van der Waals surface area contributed by atoms with Gasteiger partial charge in [-0.1, -0.05) is 0 Å². The fourth-order valence-electron chi connectivity index (χ4n) is 2.04. The SMILES string of the molecule is CC1(C(=O)O)COCC1NC(=O)Nc1cc(F)cc(F)c1. The van der Waals surface area contributed by atoms with Gasteiger partial charge in [0.1, 0.15) is 17.0 Å². The molecule has 1 heterocycles. The highest BCUT2D eigenvalue weighted by molar-refractivity contribution is 5.90. The van der Waals surface area contributed by atoms with Crippen LogP contribution in [0.2, 0.25) is 0 Å². The molecule has 1 aromatic carbocycles. The lowest BCUT2D eigenvalue weighted by Crippen LogP contribution is -2.50. The lowest BCUT2D eigenvalue weighted by atomic mass is 9.85. The third-order valence-electron chi connectivity index (χ3n) is 3.37. The fraction of sp³-hybridized carbons (Fsp3) is 0.385. The Labute approximate surface area is 119 Å². The highest BCUT2D eigenvalue weighted by Gasteiger charge is 2.47. The maximum Gasteiger partial charge on any atom is 0.319 e. The number of amides is 2. The van der Waals surface area contributed by atoms with E-state index in [0.717, 1.165) is 12.1 Å². The summed E-state index contributed by atoms with van der Waals surface area (Å²) in [6.45, 7) is 1.48. The number of carbonyl (C=O) groups excluding carboxylic acids is 1. The van der Waals surface area contributed by atoms with Crippen molar-refractivity contribution in [2.75, 3.05) is 18.5 Å². The van der Waals surface area contributed by atoms with Crippen LogP contribution in [0.4, 0.5) is 19.3 Å². The van der Waals surface area contributed by atoms with Gasteiger partial charge >= 0.3 is 12.0 Å². The van der Waals surface area contributed by atoms with Gasteiger partial charge in [-0.2, -0.15) is 0 Å². The first-order valence-electron chi connectivity index (χ1n) is 6.16. The highest BCUT2D eigenvalue weighted by atomic mass is 19.1. The summed E-state index contributed by atoms with van der Waals surface area (Å²) >= 11 is 0. The summed E-state index contributed by atoms with van der Waals surface area (Å²) in [5.74, 6) is -2.75. The molecule has 2 rings (SSSR count). The molecule has 1 fully saturated rings. The Morgan fingerprint density at radius 1 is 1.33 bits per heavy atom. The molecule has 0 aliphatic carbocycles. The number of ether oxygens (including phenoxy) is 1. The molecule has 2 amide bonds. The second kappa shape index (κ2) is 5.65. The molecule has 2 atom stereocenters. The number of carboxylic acids is 1. The minimum absolute atomic E-state index is 0.0259. The number of hydrogen-bond acceptors (Lipinski definition) is 3. The van der Waals surface area contributed by atoms with Crippen LogP contribution in [-0.4, -0.2) is 36.4 Å². The predicted molar refractivity (Wildman–Crippen MR) is 68.9 cm³/mol. The molecule has 1 aliphatic rings. The molecule has 0 radical (unpaired) electrons. The van der Waals surface area contributed by atoms with E-state index in [1.807, 2.05) is 0 Å². The number of hydrogen-bond donors (Lipinski definition) is 3. The molecular formula is C13H14F2N2O4. The van der Waals surface area contributed by atoms with E-state index in [1.54, 1.807) is 0 Å². The number of anilines is 1. The van der Waals surface area contributed by atoms with Gasteiger partial charge in [0, 0.05) is 11.8 Å². The second-order valence-corrected chi connectivity index (χ2v) is 5.05. The number of rotatable bonds is 3. The van der Waals surface area contributed by atoms with Crippen LogP contribution >= 0.6 is 0 Å². The molecule has 21 heavy (non-hydrogen) atoms. The molecule has 1 aliphatic heterocycles. The molecule has 2 unspecified atom stereocenters. The summed E-state index contributed by atoms with van der Waals surface area (Å²) in [5, 5.41) is 13.9. The standard InChI is InChI=1S/C13H14F2N2O4/c1-13(11(18)19)6-21-5-10(13)17-12(20)16-9-3-7(14)2-8(15)4-9/h2-4,10H,5-6H2,1H3,(H,18,19)(H2,16,17,20). The predicted octanol–water partition coefficient (Wildman–Crippen LogP) is 1.58. The van der Waals surface area contributed by atoms with Gasteiger partial charge in [0.15, 0.2) is 0 Å². The van der Waals surface area contributed by atoms with Crippen LogP contribution in [-0.2, 0) is 9.53 Å². The summed E-state index contributed by atoms with van der Waals surface area (Å²) in [4.78, 5) is 23.0. The largest absolute Gasteiger partial charge is 0.481 e. The van der Waals surface area contributed by atoms with Crippen LogP contribution in [0.15, 0.2) is 18.2 Å². The minimum atomic E-state index is -1.25. The van der Waals surface area contributed by atoms with Crippen molar-refractivity contribution >= 4 is 17.7 Å². The zero-order chi connectivity index (χ0) is 15.6. The van der Waals surface area contributed by atoms with Gasteiger partial charge < -0.3 is 20.5 Å². The van der Waals surface area contributed by atoms with Gasteiger partial charge in [-0.25, -0.2) is 13.6 Å². The Bertz CT molecular complexity index is 561. The molecule has 0 spiro atoms. The molecule has 8 heteroatoms. The fourth-order valence-corrected chi connectivity index (χ4v) is 2.04. The number of halogens is 2. The normalized spacial score (nSPS) is 24.6. The number of carbonyl (C=O) groups is 2. The third kappa shape index (κ3) is 3.27. The van der Waals surface area contributed by atoms with Gasteiger partial charge in [0.05, 0.1) is 19.3 Å². The van der Waals surface area contributed by atoms with Gasteiger partial charge in [-0.05, 0) is 19.1 Å². The number of aliphatic carboxylic acids is 1. The number of carboxylic acid groups (broad SMARTS) is 1. The Morgan fingerprint density at radius 2 is 1.95 bits per heavy atom. The van der Waals surface area contributed by atoms with E-state index in [1.165, 1.54) is 6.92 Å². The van der Waals surface area contributed by atoms with Crippen molar-refractivity contribution in [3.63, 3.8) is 0 Å². The van der Waals surface area contributed by atoms with Crippen molar-refractivity contribution in [2.24, 2.45) is 5.41 Å². The molecule has 1 saturated heterocycles. The maximum absolute atomic E-state index is 13.0. The smallest absolute Gasteiger partial charge is 0.319 e. The van der Waals surface area contributed by atoms with Crippen molar-refractivity contribution in [3.8, 4) is 0 Å². The van der Waals surface area contributed by atoms with Crippen LogP contribution in [0.25, 0.3) is 0 Å². The number of benzene rings is 1. The average Bonchev–Trinajstić information content (AvgIpc) is 2.70. The van der Waals surface area contributed by atoms with E-state index in [2.05, 4.69) is 10.6 Å². The van der Waals surface area contributed by atoms with E-state index >= 15 is 0 Å².